The largest absolute Gasteiger partial charge is 0.473 e. The standard InChI is InChI=1S/C25H27Cl2N5O/c26-19-14-21(27)22(28-15-19)33-20-8-12-31(13-9-20)24-30-29-23(32(24)16-17-6-7-17)25(10-11-25)18-4-2-1-3-5-18/h1-5,14-15,17,20H,6-13,16H2. The summed E-state index contributed by atoms with van der Waals surface area (Å²) in [6.07, 6.45) is 8.31. The maximum Gasteiger partial charge on any atom is 0.232 e. The lowest BCUT2D eigenvalue weighted by Crippen LogP contribution is -2.40. The summed E-state index contributed by atoms with van der Waals surface area (Å²) in [5, 5.41) is 10.5. The van der Waals surface area contributed by atoms with Crippen LogP contribution in [0, 0.1) is 5.92 Å². The molecular weight excluding hydrogens is 457 g/mol. The van der Waals surface area contributed by atoms with Crippen LogP contribution >= 0.6 is 23.2 Å². The van der Waals surface area contributed by atoms with Crippen molar-refractivity contribution < 1.29 is 4.74 Å². The molecule has 0 spiro atoms. The molecule has 33 heavy (non-hydrogen) atoms. The van der Waals surface area contributed by atoms with Crippen molar-refractivity contribution in [2.24, 2.45) is 5.92 Å². The fourth-order valence-corrected chi connectivity index (χ4v) is 5.38. The molecule has 1 aliphatic heterocycles. The number of anilines is 1. The van der Waals surface area contributed by atoms with Gasteiger partial charge in [-0.2, -0.15) is 0 Å². The summed E-state index contributed by atoms with van der Waals surface area (Å²) in [4.78, 5) is 6.61. The predicted molar refractivity (Wildman–Crippen MR) is 129 cm³/mol. The minimum atomic E-state index is 0.0276. The molecule has 0 radical (unpaired) electrons. The maximum absolute atomic E-state index is 6.25. The molecule has 3 fully saturated rings. The number of benzene rings is 1. The number of hydrogen-bond acceptors (Lipinski definition) is 5. The summed E-state index contributed by atoms with van der Waals surface area (Å²) < 4.78 is 8.51. The quantitative estimate of drug-likeness (QED) is 0.442. The van der Waals surface area contributed by atoms with Gasteiger partial charge in [0, 0.05) is 38.7 Å². The first kappa shape index (κ1) is 21.2. The van der Waals surface area contributed by atoms with E-state index < -0.39 is 0 Å². The molecule has 3 heterocycles. The number of halogens is 2. The minimum Gasteiger partial charge on any atom is -0.473 e. The Bertz CT molecular complexity index is 1130. The first-order chi connectivity index (χ1) is 16.1. The fraction of sp³-hybridized carbons (Fsp3) is 0.480. The molecule has 0 atom stereocenters. The van der Waals surface area contributed by atoms with Gasteiger partial charge in [0.15, 0.2) is 0 Å². The number of piperidine rings is 1. The topological polar surface area (TPSA) is 56.1 Å². The Morgan fingerprint density at radius 2 is 1.76 bits per heavy atom. The van der Waals surface area contributed by atoms with Crippen LogP contribution in [-0.2, 0) is 12.0 Å². The summed E-state index contributed by atoms with van der Waals surface area (Å²) in [7, 11) is 0. The SMILES string of the molecule is Clc1cnc(OC2CCN(c3nnc(C4(c5ccccc5)CC4)n3CC3CC3)CC2)c(Cl)c1. The molecule has 6 rings (SSSR count). The van der Waals surface area contributed by atoms with E-state index >= 15 is 0 Å². The van der Waals surface area contributed by atoms with Gasteiger partial charge in [0.2, 0.25) is 11.8 Å². The Hall–Kier alpha value is -2.31. The van der Waals surface area contributed by atoms with Crippen LogP contribution in [0.2, 0.25) is 10.0 Å². The van der Waals surface area contributed by atoms with E-state index in [1.54, 1.807) is 12.3 Å². The lowest BCUT2D eigenvalue weighted by molar-refractivity contribution is 0.163. The highest BCUT2D eigenvalue weighted by Crippen LogP contribution is 2.53. The third kappa shape index (κ3) is 4.19. The van der Waals surface area contributed by atoms with Crippen molar-refractivity contribution >= 4 is 29.2 Å². The van der Waals surface area contributed by atoms with Crippen LogP contribution in [0.25, 0.3) is 0 Å². The summed E-state index contributed by atoms with van der Waals surface area (Å²) >= 11 is 12.2. The monoisotopic (exact) mass is 483 g/mol. The Morgan fingerprint density at radius 1 is 1.00 bits per heavy atom. The van der Waals surface area contributed by atoms with Gasteiger partial charge in [-0.3, -0.25) is 4.57 Å². The smallest absolute Gasteiger partial charge is 0.232 e. The van der Waals surface area contributed by atoms with Crippen molar-refractivity contribution in [1.29, 1.82) is 0 Å². The van der Waals surface area contributed by atoms with Gasteiger partial charge >= 0.3 is 0 Å². The van der Waals surface area contributed by atoms with E-state index in [0.717, 1.165) is 63.0 Å². The highest BCUT2D eigenvalue weighted by molar-refractivity contribution is 6.35. The normalized spacial score (nSPS) is 20.1. The van der Waals surface area contributed by atoms with Crippen LogP contribution in [0.4, 0.5) is 5.95 Å². The summed E-state index contributed by atoms with van der Waals surface area (Å²) in [6, 6.07) is 12.5. The van der Waals surface area contributed by atoms with Crippen LogP contribution < -0.4 is 9.64 Å². The van der Waals surface area contributed by atoms with Gasteiger partial charge in [-0.1, -0.05) is 53.5 Å². The Kier molecular flexibility index (Phi) is 5.46. The van der Waals surface area contributed by atoms with E-state index in [4.69, 9.17) is 38.1 Å². The van der Waals surface area contributed by atoms with Gasteiger partial charge in [0.25, 0.3) is 0 Å². The van der Waals surface area contributed by atoms with Crippen molar-refractivity contribution in [3.8, 4) is 5.88 Å². The van der Waals surface area contributed by atoms with Crippen molar-refractivity contribution in [1.82, 2.24) is 19.7 Å². The Morgan fingerprint density at radius 3 is 2.42 bits per heavy atom. The van der Waals surface area contributed by atoms with E-state index in [9.17, 15) is 0 Å². The summed E-state index contributed by atoms with van der Waals surface area (Å²) in [5.41, 5.74) is 1.39. The summed E-state index contributed by atoms with van der Waals surface area (Å²) in [5.74, 6) is 3.37. The number of pyridine rings is 1. The molecule has 3 aliphatic rings. The number of rotatable bonds is 7. The van der Waals surface area contributed by atoms with Crippen LogP contribution in [0.15, 0.2) is 42.6 Å². The molecule has 3 aromatic rings. The molecule has 2 aliphatic carbocycles. The van der Waals surface area contributed by atoms with Crippen molar-refractivity contribution in [2.45, 2.75) is 56.6 Å². The predicted octanol–water partition coefficient (Wildman–Crippen LogP) is 5.52. The molecule has 2 saturated carbocycles. The molecule has 1 saturated heterocycles. The highest BCUT2D eigenvalue weighted by Gasteiger charge is 2.50. The van der Waals surface area contributed by atoms with Crippen molar-refractivity contribution in [3.05, 3.63) is 64.0 Å². The van der Waals surface area contributed by atoms with Gasteiger partial charge in [0.05, 0.1) is 10.4 Å². The maximum atomic E-state index is 6.25. The fourth-order valence-electron chi connectivity index (χ4n) is 4.95. The number of hydrogen-bond donors (Lipinski definition) is 0. The Labute approximate surface area is 203 Å². The van der Waals surface area contributed by atoms with Crippen LogP contribution in [0.1, 0.15) is 49.9 Å². The van der Waals surface area contributed by atoms with E-state index in [-0.39, 0.29) is 11.5 Å². The molecule has 172 valence electrons. The molecule has 0 N–H and O–H groups in total. The van der Waals surface area contributed by atoms with Gasteiger partial charge in [-0.15, -0.1) is 10.2 Å². The molecular formula is C25H27Cl2N5O. The number of ether oxygens (including phenoxy) is 1. The van der Waals surface area contributed by atoms with E-state index in [2.05, 4.69) is 44.8 Å². The minimum absolute atomic E-state index is 0.0276. The molecule has 6 nitrogen and oxygen atoms in total. The second kappa shape index (κ2) is 8.48. The third-order valence-corrected chi connectivity index (χ3v) is 7.63. The van der Waals surface area contributed by atoms with Crippen LogP contribution in [-0.4, -0.2) is 38.9 Å². The zero-order valence-electron chi connectivity index (χ0n) is 18.5. The molecule has 8 heteroatoms. The number of aromatic nitrogens is 4. The zero-order chi connectivity index (χ0) is 22.4. The molecule has 0 amide bonds. The van der Waals surface area contributed by atoms with Gasteiger partial charge < -0.3 is 9.64 Å². The van der Waals surface area contributed by atoms with Crippen LogP contribution in [0.5, 0.6) is 5.88 Å². The van der Waals surface area contributed by atoms with Gasteiger partial charge in [-0.05, 0) is 43.2 Å². The van der Waals surface area contributed by atoms with E-state index in [1.165, 1.54) is 18.4 Å². The first-order valence-corrected chi connectivity index (χ1v) is 12.6. The molecule has 2 aromatic heterocycles. The second-order valence-electron chi connectivity index (χ2n) is 9.57. The van der Waals surface area contributed by atoms with Gasteiger partial charge in [0.1, 0.15) is 17.0 Å². The molecule has 0 bridgehead atoms. The summed E-state index contributed by atoms with van der Waals surface area (Å²) in [6.45, 7) is 2.76. The average molecular weight is 484 g/mol. The lowest BCUT2D eigenvalue weighted by Gasteiger charge is -2.33. The lowest BCUT2D eigenvalue weighted by atomic mass is 9.95. The zero-order valence-corrected chi connectivity index (χ0v) is 20.0. The third-order valence-electron chi connectivity index (χ3n) is 7.15. The molecule has 1 aromatic carbocycles. The number of nitrogens with zero attached hydrogens (tertiary/aromatic N) is 5. The second-order valence-corrected chi connectivity index (χ2v) is 10.4. The van der Waals surface area contributed by atoms with Crippen LogP contribution in [0.3, 0.4) is 0 Å². The first-order valence-electron chi connectivity index (χ1n) is 11.8. The Balaban J connectivity index is 1.20. The van der Waals surface area contributed by atoms with Crippen molar-refractivity contribution in [3.63, 3.8) is 0 Å². The average Bonchev–Trinajstić information content (AvgIpc) is 3.76. The van der Waals surface area contributed by atoms with Gasteiger partial charge in [-0.25, -0.2) is 4.98 Å². The molecule has 0 unspecified atom stereocenters. The van der Waals surface area contributed by atoms with Crippen molar-refractivity contribution in [2.75, 3.05) is 18.0 Å². The highest BCUT2D eigenvalue weighted by atomic mass is 35.5. The van der Waals surface area contributed by atoms with E-state index in [1.807, 2.05) is 0 Å². The van der Waals surface area contributed by atoms with E-state index in [0.29, 0.717) is 15.9 Å².